The number of carbonyl (C=O) groups is 2. The van der Waals surface area contributed by atoms with Crippen LogP contribution in [0.4, 0.5) is 0 Å². The van der Waals surface area contributed by atoms with Crippen LogP contribution in [-0.2, 0) is 16.1 Å². The second kappa shape index (κ2) is 12.1. The van der Waals surface area contributed by atoms with E-state index in [1.807, 2.05) is 24.3 Å². The van der Waals surface area contributed by atoms with Gasteiger partial charge in [0.15, 0.2) is 6.61 Å². The Morgan fingerprint density at radius 3 is 2.69 bits per heavy atom. The van der Waals surface area contributed by atoms with Gasteiger partial charge in [-0.25, -0.2) is 0 Å². The lowest BCUT2D eigenvalue weighted by molar-refractivity contribution is -0.119. The van der Waals surface area contributed by atoms with Gasteiger partial charge in [-0.2, -0.15) is 0 Å². The summed E-state index contributed by atoms with van der Waals surface area (Å²) in [5.41, 5.74) is 6.39. The highest BCUT2D eigenvalue weighted by molar-refractivity contribution is 5.97. The summed E-state index contributed by atoms with van der Waals surface area (Å²) in [5.74, 6) is 0.183. The van der Waals surface area contributed by atoms with Gasteiger partial charge < -0.3 is 25.3 Å². The van der Waals surface area contributed by atoms with Crippen LogP contribution < -0.4 is 20.5 Å². The van der Waals surface area contributed by atoms with Crippen molar-refractivity contribution in [1.29, 1.82) is 0 Å². The summed E-state index contributed by atoms with van der Waals surface area (Å²) < 4.78 is 16.7. The van der Waals surface area contributed by atoms with Crippen molar-refractivity contribution in [2.45, 2.75) is 25.4 Å². The molecule has 1 fully saturated rings. The standard InChI is InChI=1S/C24H31N3O5/c1-27(19-9-12-30-13-10-19)11-14-31-20-6-4-5-18(15-20)16-26-24(29)21-7-2-3-8-22(21)32-17-23(25)28/h2-8,15,19H,9-14,16-17H2,1H3,(H2,25,28)(H,26,29). The van der Waals surface area contributed by atoms with Crippen LogP contribution in [0.15, 0.2) is 48.5 Å². The lowest BCUT2D eigenvalue weighted by Gasteiger charge is -2.31. The first-order valence-corrected chi connectivity index (χ1v) is 10.8. The third-order valence-electron chi connectivity index (χ3n) is 5.38. The van der Waals surface area contributed by atoms with Gasteiger partial charge in [0.05, 0.1) is 5.56 Å². The van der Waals surface area contributed by atoms with Crippen molar-refractivity contribution in [2.75, 3.05) is 40.0 Å². The van der Waals surface area contributed by atoms with E-state index in [9.17, 15) is 9.59 Å². The molecule has 0 saturated carbocycles. The van der Waals surface area contributed by atoms with Gasteiger partial charge in [0.1, 0.15) is 18.1 Å². The molecule has 0 aromatic heterocycles. The molecule has 1 aliphatic heterocycles. The number of primary amides is 1. The number of nitrogens with one attached hydrogen (secondary N) is 1. The molecule has 0 unspecified atom stereocenters. The normalized spacial score (nSPS) is 14.2. The number of para-hydroxylation sites is 1. The molecule has 3 rings (SSSR count). The predicted molar refractivity (Wildman–Crippen MR) is 121 cm³/mol. The number of likely N-dealkylation sites (N-methyl/N-ethyl adjacent to an activating group) is 1. The van der Waals surface area contributed by atoms with Crippen LogP contribution in [0, 0.1) is 0 Å². The van der Waals surface area contributed by atoms with E-state index >= 15 is 0 Å². The van der Waals surface area contributed by atoms with Gasteiger partial charge in [-0.05, 0) is 49.7 Å². The Hall–Kier alpha value is -3.10. The Labute approximate surface area is 188 Å². The molecule has 32 heavy (non-hydrogen) atoms. The zero-order valence-electron chi connectivity index (χ0n) is 18.4. The molecule has 2 aromatic rings. The van der Waals surface area contributed by atoms with Crippen LogP contribution in [0.3, 0.4) is 0 Å². The third-order valence-corrected chi connectivity index (χ3v) is 5.38. The van der Waals surface area contributed by atoms with Gasteiger partial charge in [-0.1, -0.05) is 24.3 Å². The smallest absolute Gasteiger partial charge is 0.255 e. The first-order valence-electron chi connectivity index (χ1n) is 10.8. The summed E-state index contributed by atoms with van der Waals surface area (Å²) in [4.78, 5) is 25.9. The summed E-state index contributed by atoms with van der Waals surface area (Å²) >= 11 is 0. The number of rotatable bonds is 11. The van der Waals surface area contributed by atoms with Crippen molar-refractivity contribution in [2.24, 2.45) is 5.73 Å². The van der Waals surface area contributed by atoms with E-state index in [1.54, 1.807) is 24.3 Å². The fraction of sp³-hybridized carbons (Fsp3) is 0.417. The molecular formula is C24H31N3O5. The first-order chi connectivity index (χ1) is 15.5. The molecule has 172 valence electrons. The zero-order chi connectivity index (χ0) is 22.8. The zero-order valence-corrected chi connectivity index (χ0v) is 18.4. The highest BCUT2D eigenvalue weighted by Crippen LogP contribution is 2.19. The largest absolute Gasteiger partial charge is 0.492 e. The van der Waals surface area contributed by atoms with E-state index in [1.165, 1.54) is 0 Å². The molecule has 0 aliphatic carbocycles. The monoisotopic (exact) mass is 441 g/mol. The molecule has 8 nitrogen and oxygen atoms in total. The molecule has 0 radical (unpaired) electrons. The van der Waals surface area contributed by atoms with Gasteiger partial charge in [0, 0.05) is 32.3 Å². The van der Waals surface area contributed by atoms with Crippen molar-refractivity contribution in [3.05, 3.63) is 59.7 Å². The summed E-state index contributed by atoms with van der Waals surface area (Å²) in [6.07, 6.45) is 2.12. The molecule has 8 heteroatoms. The Morgan fingerprint density at radius 2 is 1.91 bits per heavy atom. The highest BCUT2D eigenvalue weighted by atomic mass is 16.5. The molecule has 3 N–H and O–H groups in total. The summed E-state index contributed by atoms with van der Waals surface area (Å²) in [7, 11) is 2.12. The summed E-state index contributed by atoms with van der Waals surface area (Å²) in [6.45, 7) is 3.13. The van der Waals surface area contributed by atoms with Gasteiger partial charge in [0.2, 0.25) is 0 Å². The van der Waals surface area contributed by atoms with Crippen molar-refractivity contribution >= 4 is 11.8 Å². The van der Waals surface area contributed by atoms with Crippen molar-refractivity contribution in [3.8, 4) is 11.5 Å². The van der Waals surface area contributed by atoms with E-state index in [2.05, 4.69) is 17.3 Å². The number of benzene rings is 2. The fourth-order valence-corrected chi connectivity index (χ4v) is 3.57. The van der Waals surface area contributed by atoms with Gasteiger partial charge in [-0.3, -0.25) is 14.5 Å². The van der Waals surface area contributed by atoms with Crippen LogP contribution in [-0.4, -0.2) is 62.8 Å². The summed E-state index contributed by atoms with van der Waals surface area (Å²) in [5, 5.41) is 2.88. The molecule has 0 spiro atoms. The quantitative estimate of drug-likeness (QED) is 0.553. The molecule has 0 atom stereocenters. The number of nitrogens with two attached hydrogens (primary N) is 1. The van der Waals surface area contributed by atoms with E-state index in [4.69, 9.17) is 19.9 Å². The van der Waals surface area contributed by atoms with E-state index in [0.29, 0.717) is 30.5 Å². The minimum atomic E-state index is -0.601. The minimum Gasteiger partial charge on any atom is -0.492 e. The Morgan fingerprint density at radius 1 is 1.12 bits per heavy atom. The predicted octanol–water partition coefficient (Wildman–Crippen LogP) is 1.97. The van der Waals surface area contributed by atoms with E-state index < -0.39 is 5.91 Å². The van der Waals surface area contributed by atoms with Crippen LogP contribution in [0.25, 0.3) is 0 Å². The number of nitrogens with zero attached hydrogens (tertiary/aromatic N) is 1. The van der Waals surface area contributed by atoms with Crippen molar-refractivity contribution in [1.82, 2.24) is 10.2 Å². The number of amides is 2. The average molecular weight is 442 g/mol. The molecule has 1 aliphatic rings. The third kappa shape index (κ3) is 7.25. The maximum Gasteiger partial charge on any atom is 0.255 e. The van der Waals surface area contributed by atoms with Gasteiger partial charge in [0.25, 0.3) is 11.8 Å². The van der Waals surface area contributed by atoms with Crippen LogP contribution in [0.5, 0.6) is 11.5 Å². The van der Waals surface area contributed by atoms with E-state index in [-0.39, 0.29) is 12.5 Å². The second-order valence-corrected chi connectivity index (χ2v) is 7.75. The first kappa shape index (κ1) is 23.6. The molecule has 1 heterocycles. The Balaban J connectivity index is 1.48. The molecule has 2 aromatic carbocycles. The Kier molecular flexibility index (Phi) is 8.89. The highest BCUT2D eigenvalue weighted by Gasteiger charge is 2.18. The SMILES string of the molecule is CN(CCOc1cccc(CNC(=O)c2ccccc2OCC(N)=O)c1)C1CCOCC1. The van der Waals surface area contributed by atoms with Gasteiger partial charge >= 0.3 is 0 Å². The maximum absolute atomic E-state index is 12.6. The van der Waals surface area contributed by atoms with Crippen molar-refractivity contribution in [3.63, 3.8) is 0 Å². The van der Waals surface area contributed by atoms with Crippen LogP contribution in [0.2, 0.25) is 0 Å². The number of hydrogen-bond acceptors (Lipinski definition) is 6. The van der Waals surface area contributed by atoms with Crippen molar-refractivity contribution < 1.29 is 23.8 Å². The number of hydrogen-bond donors (Lipinski definition) is 2. The summed E-state index contributed by atoms with van der Waals surface area (Å²) in [6, 6.07) is 14.9. The number of carbonyl (C=O) groups excluding carboxylic acids is 2. The molecular weight excluding hydrogens is 410 g/mol. The maximum atomic E-state index is 12.6. The molecule has 2 amide bonds. The van der Waals surface area contributed by atoms with Gasteiger partial charge in [-0.15, -0.1) is 0 Å². The van der Waals surface area contributed by atoms with Crippen LogP contribution in [0.1, 0.15) is 28.8 Å². The Bertz CT molecular complexity index is 899. The number of ether oxygens (including phenoxy) is 3. The average Bonchev–Trinajstić information content (AvgIpc) is 2.82. The van der Waals surface area contributed by atoms with Crippen LogP contribution >= 0.6 is 0 Å². The topological polar surface area (TPSA) is 103 Å². The minimum absolute atomic E-state index is 0.284. The van der Waals surface area contributed by atoms with E-state index in [0.717, 1.165) is 43.9 Å². The molecule has 0 bridgehead atoms. The molecule has 1 saturated heterocycles. The fourth-order valence-electron chi connectivity index (χ4n) is 3.57. The lowest BCUT2D eigenvalue weighted by atomic mass is 10.1. The lowest BCUT2D eigenvalue weighted by Crippen LogP contribution is -2.38. The second-order valence-electron chi connectivity index (χ2n) is 7.75.